The molecule has 3 rings (SSSR count). The van der Waals surface area contributed by atoms with Crippen LogP contribution in [0, 0.1) is 5.92 Å². The van der Waals surface area contributed by atoms with Crippen LogP contribution in [0.15, 0.2) is 52.4 Å². The average molecular weight is 414 g/mol. The Morgan fingerprint density at radius 1 is 1.24 bits per heavy atom. The summed E-state index contributed by atoms with van der Waals surface area (Å²) in [5, 5.41) is 8.92. The van der Waals surface area contributed by atoms with Crippen LogP contribution >= 0.6 is 11.3 Å². The van der Waals surface area contributed by atoms with Gasteiger partial charge >= 0.3 is 0 Å². The van der Waals surface area contributed by atoms with E-state index in [0.717, 1.165) is 11.3 Å². The second kappa shape index (κ2) is 9.71. The molecular formula is C22H27N3O3S. The number of likely N-dealkylation sites (N-methyl/N-ethyl adjacent to an activating group) is 1. The molecule has 0 fully saturated rings. The number of nitrogens with zero attached hydrogens (tertiary/aromatic N) is 2. The molecule has 3 aromatic rings. The highest BCUT2D eigenvalue weighted by Gasteiger charge is 2.19. The summed E-state index contributed by atoms with van der Waals surface area (Å²) in [6, 6.07) is 13.4. The van der Waals surface area contributed by atoms with Gasteiger partial charge in [0, 0.05) is 23.1 Å². The van der Waals surface area contributed by atoms with E-state index in [0.29, 0.717) is 24.8 Å². The van der Waals surface area contributed by atoms with Crippen molar-refractivity contribution < 1.29 is 14.1 Å². The van der Waals surface area contributed by atoms with Crippen LogP contribution in [0.25, 0.3) is 11.3 Å². The molecular weight excluding hydrogens is 386 g/mol. The topological polar surface area (TPSA) is 67.6 Å². The standard InChI is InChI=1S/C22H27N3O3S/c1-15(2)14-27-17-9-7-16(8-10-17)20-12-18(24-28-20)22(26)23-13-19(25(3)4)21-6-5-11-29-21/h5-12,15,19H,13-14H2,1-4H3,(H,23,26)/t19-/m1/s1. The molecule has 1 amide bonds. The van der Waals surface area contributed by atoms with Crippen LogP contribution in [0.4, 0.5) is 0 Å². The lowest BCUT2D eigenvalue weighted by atomic mass is 10.1. The van der Waals surface area contributed by atoms with E-state index in [1.807, 2.05) is 49.8 Å². The van der Waals surface area contributed by atoms with Gasteiger partial charge in [-0.05, 0) is 55.7 Å². The molecule has 1 atom stereocenters. The zero-order valence-electron chi connectivity index (χ0n) is 17.2. The van der Waals surface area contributed by atoms with Crippen LogP contribution in [0.5, 0.6) is 5.75 Å². The Balaban J connectivity index is 1.61. The Morgan fingerprint density at radius 2 is 2.00 bits per heavy atom. The molecule has 0 aliphatic rings. The molecule has 0 unspecified atom stereocenters. The molecule has 7 heteroatoms. The second-order valence-electron chi connectivity index (χ2n) is 7.51. The van der Waals surface area contributed by atoms with E-state index in [1.165, 1.54) is 4.88 Å². The Bertz CT molecular complexity index is 902. The van der Waals surface area contributed by atoms with Crippen LogP contribution in [0.2, 0.25) is 0 Å². The Hall–Kier alpha value is -2.64. The molecule has 2 heterocycles. The third-order valence-corrected chi connectivity index (χ3v) is 5.39. The van der Waals surface area contributed by atoms with E-state index in [-0.39, 0.29) is 17.6 Å². The van der Waals surface area contributed by atoms with Gasteiger partial charge in [0.25, 0.3) is 5.91 Å². The summed E-state index contributed by atoms with van der Waals surface area (Å²) in [5.41, 5.74) is 1.11. The predicted octanol–water partition coefficient (Wildman–Crippen LogP) is 4.47. The number of aromatic nitrogens is 1. The lowest BCUT2D eigenvalue weighted by Gasteiger charge is -2.23. The molecule has 0 spiro atoms. The number of carbonyl (C=O) groups is 1. The van der Waals surface area contributed by atoms with Crippen molar-refractivity contribution in [3.63, 3.8) is 0 Å². The van der Waals surface area contributed by atoms with E-state index in [2.05, 4.69) is 35.3 Å². The smallest absolute Gasteiger partial charge is 0.273 e. The third-order valence-electron chi connectivity index (χ3n) is 4.42. The maximum absolute atomic E-state index is 12.5. The van der Waals surface area contributed by atoms with Gasteiger partial charge in [-0.1, -0.05) is 25.1 Å². The van der Waals surface area contributed by atoms with Crippen LogP contribution in [0.1, 0.15) is 35.3 Å². The number of amides is 1. The summed E-state index contributed by atoms with van der Waals surface area (Å²) in [5.74, 6) is 1.58. The average Bonchev–Trinajstić information content (AvgIpc) is 3.39. The number of carbonyl (C=O) groups excluding carboxylic acids is 1. The van der Waals surface area contributed by atoms with Crippen LogP contribution < -0.4 is 10.1 Å². The first-order valence-corrected chi connectivity index (χ1v) is 10.5. The molecule has 0 aliphatic heterocycles. The van der Waals surface area contributed by atoms with Gasteiger partial charge < -0.3 is 19.5 Å². The van der Waals surface area contributed by atoms with Crippen molar-refractivity contribution in [1.82, 2.24) is 15.4 Å². The monoisotopic (exact) mass is 413 g/mol. The summed E-state index contributed by atoms with van der Waals surface area (Å²) in [4.78, 5) is 15.8. The number of rotatable bonds is 9. The van der Waals surface area contributed by atoms with Gasteiger partial charge in [0.1, 0.15) is 5.75 Å². The highest BCUT2D eigenvalue weighted by atomic mass is 32.1. The molecule has 29 heavy (non-hydrogen) atoms. The maximum atomic E-state index is 12.5. The fourth-order valence-electron chi connectivity index (χ4n) is 2.80. The molecule has 0 radical (unpaired) electrons. The van der Waals surface area contributed by atoms with E-state index in [1.54, 1.807) is 17.4 Å². The lowest BCUT2D eigenvalue weighted by Crippen LogP contribution is -2.34. The van der Waals surface area contributed by atoms with Crippen molar-refractivity contribution >= 4 is 17.2 Å². The normalized spacial score (nSPS) is 12.3. The van der Waals surface area contributed by atoms with Gasteiger partial charge in [0.2, 0.25) is 0 Å². The number of thiophene rings is 1. The summed E-state index contributed by atoms with van der Waals surface area (Å²) >= 11 is 1.68. The van der Waals surface area contributed by atoms with Crippen molar-refractivity contribution in [2.45, 2.75) is 19.9 Å². The van der Waals surface area contributed by atoms with Crippen molar-refractivity contribution in [2.75, 3.05) is 27.2 Å². The van der Waals surface area contributed by atoms with Crippen molar-refractivity contribution in [3.05, 3.63) is 58.4 Å². The van der Waals surface area contributed by atoms with Crippen LogP contribution in [-0.2, 0) is 0 Å². The van der Waals surface area contributed by atoms with Crippen LogP contribution in [0.3, 0.4) is 0 Å². The molecule has 0 aliphatic carbocycles. The lowest BCUT2D eigenvalue weighted by molar-refractivity contribution is 0.0933. The molecule has 0 saturated heterocycles. The fourth-order valence-corrected chi connectivity index (χ4v) is 3.72. The summed E-state index contributed by atoms with van der Waals surface area (Å²) in [7, 11) is 4.00. The quantitative estimate of drug-likeness (QED) is 0.561. The van der Waals surface area contributed by atoms with Gasteiger partial charge in [-0.2, -0.15) is 0 Å². The van der Waals surface area contributed by atoms with Gasteiger partial charge in [0.05, 0.1) is 12.6 Å². The minimum absolute atomic E-state index is 0.115. The van der Waals surface area contributed by atoms with Crippen LogP contribution in [-0.4, -0.2) is 43.2 Å². The van der Waals surface area contributed by atoms with Crippen molar-refractivity contribution in [1.29, 1.82) is 0 Å². The Labute approximate surface area is 175 Å². The van der Waals surface area contributed by atoms with Gasteiger partial charge in [-0.25, -0.2) is 0 Å². The largest absolute Gasteiger partial charge is 0.493 e. The molecule has 0 bridgehead atoms. The number of benzene rings is 1. The first-order chi connectivity index (χ1) is 13.9. The Morgan fingerprint density at radius 3 is 2.62 bits per heavy atom. The number of hydrogen-bond donors (Lipinski definition) is 1. The third kappa shape index (κ3) is 5.68. The highest BCUT2D eigenvalue weighted by Crippen LogP contribution is 2.24. The van der Waals surface area contributed by atoms with E-state index < -0.39 is 0 Å². The number of ether oxygens (including phenoxy) is 1. The predicted molar refractivity (Wildman–Crippen MR) is 115 cm³/mol. The fraction of sp³-hybridized carbons (Fsp3) is 0.364. The summed E-state index contributed by atoms with van der Waals surface area (Å²) < 4.78 is 11.1. The van der Waals surface area contributed by atoms with Gasteiger partial charge in [-0.3, -0.25) is 4.79 Å². The first kappa shape index (κ1) is 21.1. The number of nitrogens with one attached hydrogen (secondary N) is 1. The maximum Gasteiger partial charge on any atom is 0.273 e. The van der Waals surface area contributed by atoms with E-state index in [9.17, 15) is 4.79 Å². The zero-order valence-corrected chi connectivity index (χ0v) is 18.0. The molecule has 0 saturated carbocycles. The number of hydrogen-bond acceptors (Lipinski definition) is 6. The van der Waals surface area contributed by atoms with Crippen molar-refractivity contribution in [3.8, 4) is 17.1 Å². The SMILES string of the molecule is CC(C)COc1ccc(-c2cc(C(=O)NC[C@H](c3cccs3)N(C)C)no2)cc1. The van der Waals surface area contributed by atoms with E-state index in [4.69, 9.17) is 9.26 Å². The summed E-state index contributed by atoms with van der Waals surface area (Å²) in [6.45, 7) is 5.38. The zero-order chi connectivity index (χ0) is 20.8. The highest BCUT2D eigenvalue weighted by molar-refractivity contribution is 7.10. The summed E-state index contributed by atoms with van der Waals surface area (Å²) in [6.07, 6.45) is 0. The first-order valence-electron chi connectivity index (χ1n) is 9.62. The Kier molecular flexibility index (Phi) is 7.06. The minimum atomic E-state index is -0.250. The van der Waals surface area contributed by atoms with Gasteiger partial charge in [0.15, 0.2) is 11.5 Å². The van der Waals surface area contributed by atoms with E-state index >= 15 is 0 Å². The molecule has 2 aromatic heterocycles. The molecule has 1 N–H and O–H groups in total. The molecule has 154 valence electrons. The molecule has 6 nitrogen and oxygen atoms in total. The van der Waals surface area contributed by atoms with Gasteiger partial charge in [-0.15, -0.1) is 11.3 Å². The minimum Gasteiger partial charge on any atom is -0.493 e. The second-order valence-corrected chi connectivity index (χ2v) is 8.49. The van der Waals surface area contributed by atoms with Crippen molar-refractivity contribution in [2.24, 2.45) is 5.92 Å². The molecule has 1 aromatic carbocycles.